The maximum Gasteiger partial charge on any atom is 0.251 e. The molecule has 1 aliphatic heterocycles. The summed E-state index contributed by atoms with van der Waals surface area (Å²) in [6, 6.07) is 15.5. The Morgan fingerprint density at radius 3 is 2.61 bits per heavy atom. The molecule has 1 aliphatic carbocycles. The molecule has 2 aromatic carbocycles. The van der Waals surface area contributed by atoms with Gasteiger partial charge < -0.3 is 10.6 Å². The lowest BCUT2D eigenvalue weighted by Gasteiger charge is -2.24. The van der Waals surface area contributed by atoms with Crippen LogP contribution in [0.15, 0.2) is 48.5 Å². The number of halogens is 1. The number of carbonyl (C=O) groups is 2. The van der Waals surface area contributed by atoms with Gasteiger partial charge in [-0.1, -0.05) is 29.8 Å². The van der Waals surface area contributed by atoms with E-state index in [1.807, 2.05) is 30.3 Å². The second-order valence-electron chi connectivity index (χ2n) is 7.56. The Labute approximate surface area is 170 Å². The van der Waals surface area contributed by atoms with Gasteiger partial charge in [0.2, 0.25) is 5.91 Å². The average Bonchev–Trinajstić information content (AvgIpc) is 3.38. The van der Waals surface area contributed by atoms with Crippen LogP contribution in [-0.2, 0) is 4.79 Å². The van der Waals surface area contributed by atoms with Gasteiger partial charge in [-0.3, -0.25) is 14.5 Å². The molecule has 1 saturated heterocycles. The zero-order valence-electron chi connectivity index (χ0n) is 15.7. The van der Waals surface area contributed by atoms with Crippen LogP contribution in [0.4, 0.5) is 5.69 Å². The van der Waals surface area contributed by atoms with E-state index in [4.69, 9.17) is 11.6 Å². The molecular weight excluding hydrogens is 374 g/mol. The molecule has 0 spiro atoms. The van der Waals surface area contributed by atoms with E-state index in [2.05, 4.69) is 15.5 Å². The standard InChI is InChI=1S/C22H24ClN3O2/c23-17-8-6-15(7-9-17)20-5-2-12-26(20)14-21(27)24-19-4-1-3-16(13-19)22(28)25-18-10-11-18/h1,3-4,6-9,13,18,20H,2,5,10-12,14H2,(H,24,27)(H,25,28)/t20-/m1/s1. The molecule has 0 aromatic heterocycles. The van der Waals surface area contributed by atoms with Crippen molar-refractivity contribution in [2.24, 2.45) is 0 Å². The minimum Gasteiger partial charge on any atom is -0.349 e. The van der Waals surface area contributed by atoms with Crippen LogP contribution < -0.4 is 10.6 Å². The summed E-state index contributed by atoms with van der Waals surface area (Å²) in [4.78, 5) is 27.0. The van der Waals surface area contributed by atoms with Gasteiger partial charge in [0.1, 0.15) is 0 Å². The van der Waals surface area contributed by atoms with Crippen molar-refractivity contribution in [3.8, 4) is 0 Å². The summed E-state index contributed by atoms with van der Waals surface area (Å²) < 4.78 is 0. The van der Waals surface area contributed by atoms with Crippen LogP contribution in [0.2, 0.25) is 5.02 Å². The van der Waals surface area contributed by atoms with Crippen molar-refractivity contribution in [3.05, 3.63) is 64.7 Å². The first kappa shape index (κ1) is 19.0. The maximum atomic E-state index is 12.6. The normalized spacial score (nSPS) is 19.4. The van der Waals surface area contributed by atoms with E-state index in [1.54, 1.807) is 18.2 Å². The zero-order chi connectivity index (χ0) is 19.5. The summed E-state index contributed by atoms with van der Waals surface area (Å²) in [5.41, 5.74) is 2.41. The van der Waals surface area contributed by atoms with Crippen molar-refractivity contribution in [2.75, 3.05) is 18.4 Å². The van der Waals surface area contributed by atoms with Crippen molar-refractivity contribution in [1.29, 1.82) is 0 Å². The lowest BCUT2D eigenvalue weighted by atomic mass is 10.0. The molecule has 2 N–H and O–H groups in total. The summed E-state index contributed by atoms with van der Waals surface area (Å²) in [6.07, 6.45) is 4.20. The number of hydrogen-bond acceptors (Lipinski definition) is 3. The van der Waals surface area contributed by atoms with Gasteiger partial charge in [0.15, 0.2) is 0 Å². The number of carbonyl (C=O) groups excluding carboxylic acids is 2. The van der Waals surface area contributed by atoms with Gasteiger partial charge >= 0.3 is 0 Å². The number of benzene rings is 2. The topological polar surface area (TPSA) is 61.4 Å². The summed E-state index contributed by atoms with van der Waals surface area (Å²) >= 11 is 5.99. The predicted molar refractivity (Wildman–Crippen MR) is 111 cm³/mol. The first-order valence-corrected chi connectivity index (χ1v) is 10.2. The SMILES string of the molecule is O=C(CN1CCC[C@@H]1c1ccc(Cl)cc1)Nc1cccc(C(=O)NC2CC2)c1. The van der Waals surface area contributed by atoms with Crippen LogP contribution in [0.3, 0.4) is 0 Å². The van der Waals surface area contributed by atoms with Gasteiger partial charge in [0.05, 0.1) is 6.54 Å². The molecule has 1 heterocycles. The monoisotopic (exact) mass is 397 g/mol. The van der Waals surface area contributed by atoms with E-state index in [9.17, 15) is 9.59 Å². The molecule has 6 heteroatoms. The second kappa shape index (κ2) is 8.33. The number of anilines is 1. The van der Waals surface area contributed by atoms with Crippen molar-refractivity contribution in [2.45, 2.75) is 37.8 Å². The quantitative estimate of drug-likeness (QED) is 0.774. The fourth-order valence-electron chi connectivity index (χ4n) is 3.70. The van der Waals surface area contributed by atoms with E-state index >= 15 is 0 Å². The van der Waals surface area contributed by atoms with E-state index < -0.39 is 0 Å². The lowest BCUT2D eigenvalue weighted by molar-refractivity contribution is -0.117. The van der Waals surface area contributed by atoms with Crippen molar-refractivity contribution >= 4 is 29.1 Å². The molecule has 2 fully saturated rings. The zero-order valence-corrected chi connectivity index (χ0v) is 16.4. The Morgan fingerprint density at radius 1 is 1.07 bits per heavy atom. The Morgan fingerprint density at radius 2 is 1.86 bits per heavy atom. The molecule has 0 unspecified atom stereocenters. The van der Waals surface area contributed by atoms with Gasteiger partial charge in [-0.15, -0.1) is 0 Å². The molecule has 0 radical (unpaired) electrons. The first-order valence-electron chi connectivity index (χ1n) is 9.79. The van der Waals surface area contributed by atoms with Crippen LogP contribution >= 0.6 is 11.6 Å². The number of likely N-dealkylation sites (tertiary alicyclic amines) is 1. The van der Waals surface area contributed by atoms with Crippen LogP contribution in [0.1, 0.15) is 47.6 Å². The number of rotatable bonds is 6. The Kier molecular flexibility index (Phi) is 5.64. The Hall–Kier alpha value is -2.37. The molecule has 4 rings (SSSR count). The van der Waals surface area contributed by atoms with Crippen molar-refractivity contribution in [1.82, 2.24) is 10.2 Å². The van der Waals surface area contributed by atoms with Gasteiger partial charge in [0.25, 0.3) is 5.91 Å². The highest BCUT2D eigenvalue weighted by Crippen LogP contribution is 2.32. The molecule has 1 atom stereocenters. The fourth-order valence-corrected chi connectivity index (χ4v) is 3.82. The van der Waals surface area contributed by atoms with E-state index in [1.165, 1.54) is 5.56 Å². The predicted octanol–water partition coefficient (Wildman–Crippen LogP) is 4.01. The van der Waals surface area contributed by atoms with Crippen LogP contribution in [-0.4, -0.2) is 35.8 Å². The summed E-state index contributed by atoms with van der Waals surface area (Å²) in [6.45, 7) is 1.22. The van der Waals surface area contributed by atoms with E-state index in [0.29, 0.717) is 23.8 Å². The number of hydrogen-bond donors (Lipinski definition) is 2. The second-order valence-corrected chi connectivity index (χ2v) is 7.99. The highest BCUT2D eigenvalue weighted by Gasteiger charge is 2.27. The molecular formula is C22H24ClN3O2. The van der Waals surface area contributed by atoms with Crippen LogP contribution in [0, 0.1) is 0 Å². The first-order chi connectivity index (χ1) is 13.6. The summed E-state index contributed by atoms with van der Waals surface area (Å²) in [5, 5.41) is 6.62. The van der Waals surface area contributed by atoms with E-state index in [0.717, 1.165) is 37.3 Å². The third-order valence-electron chi connectivity index (χ3n) is 5.29. The minimum absolute atomic E-state index is 0.0689. The number of nitrogens with one attached hydrogen (secondary N) is 2. The Balaban J connectivity index is 1.37. The van der Waals surface area contributed by atoms with Crippen molar-refractivity contribution < 1.29 is 9.59 Å². The average molecular weight is 398 g/mol. The van der Waals surface area contributed by atoms with Crippen LogP contribution in [0.5, 0.6) is 0 Å². The molecule has 2 aliphatic rings. The number of amides is 2. The minimum atomic E-state index is -0.0825. The van der Waals surface area contributed by atoms with Crippen molar-refractivity contribution in [3.63, 3.8) is 0 Å². The highest BCUT2D eigenvalue weighted by atomic mass is 35.5. The molecule has 5 nitrogen and oxygen atoms in total. The largest absolute Gasteiger partial charge is 0.349 e. The highest BCUT2D eigenvalue weighted by molar-refractivity contribution is 6.30. The van der Waals surface area contributed by atoms with Gasteiger partial charge in [-0.2, -0.15) is 0 Å². The third-order valence-corrected chi connectivity index (χ3v) is 5.54. The molecule has 28 heavy (non-hydrogen) atoms. The molecule has 146 valence electrons. The summed E-state index contributed by atoms with van der Waals surface area (Å²) in [5.74, 6) is -0.151. The summed E-state index contributed by atoms with van der Waals surface area (Å²) in [7, 11) is 0. The number of nitrogens with zero attached hydrogens (tertiary/aromatic N) is 1. The van der Waals surface area contributed by atoms with E-state index in [-0.39, 0.29) is 17.9 Å². The lowest BCUT2D eigenvalue weighted by Crippen LogP contribution is -2.33. The van der Waals surface area contributed by atoms with Crippen LogP contribution in [0.25, 0.3) is 0 Å². The maximum absolute atomic E-state index is 12.6. The smallest absolute Gasteiger partial charge is 0.251 e. The molecule has 1 saturated carbocycles. The van der Waals surface area contributed by atoms with Gasteiger partial charge in [0, 0.05) is 28.4 Å². The molecule has 2 amide bonds. The van der Waals surface area contributed by atoms with Gasteiger partial charge in [-0.05, 0) is 68.1 Å². The molecule has 2 aromatic rings. The fraction of sp³-hybridized carbons (Fsp3) is 0.364. The molecule has 0 bridgehead atoms. The van der Waals surface area contributed by atoms with Gasteiger partial charge in [-0.25, -0.2) is 0 Å². The third kappa shape index (κ3) is 4.72. The Bertz CT molecular complexity index is 864.